The summed E-state index contributed by atoms with van der Waals surface area (Å²) in [6.45, 7) is 4.30. The average molecular weight is 206 g/mol. The third kappa shape index (κ3) is 13.2. The number of rotatable bonds is 9. The monoisotopic (exact) mass is 206 g/mol. The van der Waals surface area contributed by atoms with Gasteiger partial charge in [-0.15, -0.1) is 0 Å². The molecule has 0 aliphatic rings. The zero-order valence-electron chi connectivity index (χ0n) is 10.4. The fourth-order valence-electron chi connectivity index (χ4n) is 1.39. The molecule has 0 aromatic carbocycles. The normalized spacial score (nSPS) is 12.4. The molecule has 0 heterocycles. The van der Waals surface area contributed by atoms with Crippen molar-refractivity contribution in [3.05, 3.63) is 36.5 Å². The Morgan fingerprint density at radius 2 is 1.40 bits per heavy atom. The van der Waals surface area contributed by atoms with Crippen LogP contribution in [0.4, 0.5) is 0 Å². The molecule has 0 bridgehead atoms. The third-order valence-electron chi connectivity index (χ3n) is 2.32. The van der Waals surface area contributed by atoms with Gasteiger partial charge in [-0.3, -0.25) is 0 Å². The van der Waals surface area contributed by atoms with E-state index in [0.29, 0.717) is 0 Å². The Kier molecular flexibility index (Phi) is 12.5. The van der Waals surface area contributed by atoms with E-state index in [2.05, 4.69) is 43.4 Å². The Labute approximate surface area is 95.8 Å². The summed E-state index contributed by atoms with van der Waals surface area (Å²) < 4.78 is 0. The molecule has 0 heteroatoms. The molecule has 0 radical (unpaired) electrons. The molecule has 0 spiro atoms. The molecule has 0 nitrogen and oxygen atoms in total. The molecule has 0 fully saturated rings. The van der Waals surface area contributed by atoms with Gasteiger partial charge in [0.1, 0.15) is 0 Å². The van der Waals surface area contributed by atoms with Crippen molar-refractivity contribution < 1.29 is 0 Å². The topological polar surface area (TPSA) is 0 Å². The van der Waals surface area contributed by atoms with Crippen LogP contribution in [0, 0.1) is 0 Å². The van der Waals surface area contributed by atoms with E-state index in [1.165, 1.54) is 44.9 Å². The summed E-state index contributed by atoms with van der Waals surface area (Å²) in [7, 11) is 0. The molecule has 0 aliphatic carbocycles. The van der Waals surface area contributed by atoms with Crippen LogP contribution in [0.2, 0.25) is 0 Å². The van der Waals surface area contributed by atoms with Gasteiger partial charge >= 0.3 is 0 Å². The second-order valence-electron chi connectivity index (χ2n) is 3.85. The van der Waals surface area contributed by atoms with Gasteiger partial charge in [0.25, 0.3) is 0 Å². The highest BCUT2D eigenvalue weighted by molar-refractivity contribution is 5.00. The van der Waals surface area contributed by atoms with E-state index in [0.717, 1.165) is 0 Å². The molecule has 0 aromatic heterocycles. The van der Waals surface area contributed by atoms with Crippen molar-refractivity contribution in [2.75, 3.05) is 0 Å². The quantitative estimate of drug-likeness (QED) is 0.268. The van der Waals surface area contributed by atoms with Crippen molar-refractivity contribution in [1.82, 2.24) is 0 Å². The Morgan fingerprint density at radius 3 is 2.07 bits per heavy atom. The molecule has 0 aliphatic heterocycles. The largest absolute Gasteiger partial charge is 0.0885 e. The van der Waals surface area contributed by atoms with Gasteiger partial charge in [-0.2, -0.15) is 0 Å². The highest BCUT2D eigenvalue weighted by Crippen LogP contribution is 2.02. The Morgan fingerprint density at radius 1 is 0.733 bits per heavy atom. The predicted molar refractivity (Wildman–Crippen MR) is 71.1 cm³/mol. The SMILES string of the molecule is CC=CC=CCCCC=CCCCCC. The van der Waals surface area contributed by atoms with E-state index in [-0.39, 0.29) is 0 Å². The molecule has 0 saturated carbocycles. The van der Waals surface area contributed by atoms with Crippen LogP contribution in [0.1, 0.15) is 58.8 Å². The van der Waals surface area contributed by atoms with E-state index in [4.69, 9.17) is 0 Å². The molecule has 0 unspecified atom stereocenters. The van der Waals surface area contributed by atoms with E-state index < -0.39 is 0 Å². The maximum atomic E-state index is 2.34. The van der Waals surface area contributed by atoms with E-state index in [9.17, 15) is 0 Å². The van der Waals surface area contributed by atoms with Gasteiger partial charge < -0.3 is 0 Å². The first-order chi connectivity index (χ1) is 7.41. The van der Waals surface area contributed by atoms with Crippen LogP contribution in [0.3, 0.4) is 0 Å². The van der Waals surface area contributed by atoms with Crippen LogP contribution in [0.25, 0.3) is 0 Å². The highest BCUT2D eigenvalue weighted by atomic mass is 13.9. The summed E-state index contributed by atoms with van der Waals surface area (Å²) in [5, 5.41) is 0. The lowest BCUT2D eigenvalue weighted by Gasteiger charge is -1.92. The number of unbranched alkanes of at least 4 members (excludes halogenated alkanes) is 5. The Balaban J connectivity index is 3.16. The molecular weight excluding hydrogens is 180 g/mol. The van der Waals surface area contributed by atoms with Gasteiger partial charge in [0.15, 0.2) is 0 Å². The minimum atomic E-state index is 1.20. The summed E-state index contributed by atoms with van der Waals surface area (Å²) in [4.78, 5) is 0. The van der Waals surface area contributed by atoms with Gasteiger partial charge in [-0.25, -0.2) is 0 Å². The van der Waals surface area contributed by atoms with Crippen molar-refractivity contribution in [2.24, 2.45) is 0 Å². The van der Waals surface area contributed by atoms with Crippen LogP contribution in [0.5, 0.6) is 0 Å². The van der Waals surface area contributed by atoms with Gasteiger partial charge in [-0.1, -0.05) is 56.2 Å². The molecule has 15 heavy (non-hydrogen) atoms. The number of allylic oxidation sites excluding steroid dienone is 6. The van der Waals surface area contributed by atoms with E-state index >= 15 is 0 Å². The predicted octanol–water partition coefficient (Wildman–Crippen LogP) is 5.43. The maximum absolute atomic E-state index is 2.34. The first-order valence-corrected chi connectivity index (χ1v) is 6.34. The summed E-state index contributed by atoms with van der Waals surface area (Å²) in [6.07, 6.45) is 22.2. The Hall–Kier alpha value is -0.780. The molecule has 0 saturated heterocycles. The number of hydrogen-bond acceptors (Lipinski definition) is 0. The summed E-state index contributed by atoms with van der Waals surface area (Å²) in [5.41, 5.74) is 0. The van der Waals surface area contributed by atoms with Crippen LogP contribution in [-0.2, 0) is 0 Å². The second kappa shape index (κ2) is 13.2. The highest BCUT2D eigenvalue weighted by Gasteiger charge is 1.82. The van der Waals surface area contributed by atoms with Crippen LogP contribution >= 0.6 is 0 Å². The number of hydrogen-bond donors (Lipinski definition) is 0. The first kappa shape index (κ1) is 14.2. The lowest BCUT2D eigenvalue weighted by atomic mass is 10.1. The van der Waals surface area contributed by atoms with E-state index in [1.807, 2.05) is 6.92 Å². The van der Waals surface area contributed by atoms with Crippen molar-refractivity contribution in [1.29, 1.82) is 0 Å². The fourth-order valence-corrected chi connectivity index (χ4v) is 1.39. The van der Waals surface area contributed by atoms with Gasteiger partial charge in [0.2, 0.25) is 0 Å². The van der Waals surface area contributed by atoms with Gasteiger partial charge in [-0.05, 0) is 39.0 Å². The van der Waals surface area contributed by atoms with Crippen LogP contribution in [-0.4, -0.2) is 0 Å². The molecule has 86 valence electrons. The lowest BCUT2D eigenvalue weighted by Crippen LogP contribution is -1.72. The van der Waals surface area contributed by atoms with Crippen molar-refractivity contribution in [2.45, 2.75) is 58.8 Å². The standard InChI is InChI=1S/C15H26/c1-3-5-7-9-11-13-15-14-12-10-8-6-4-2/h3,5,7,9,12,14H,4,6,8,10-11,13,15H2,1-2H3. The molecule has 0 atom stereocenters. The third-order valence-corrected chi connectivity index (χ3v) is 2.32. The van der Waals surface area contributed by atoms with Gasteiger partial charge in [0.05, 0.1) is 0 Å². The van der Waals surface area contributed by atoms with Crippen LogP contribution in [0.15, 0.2) is 36.5 Å². The second-order valence-corrected chi connectivity index (χ2v) is 3.85. The molecule has 0 N–H and O–H groups in total. The molecule has 0 amide bonds. The van der Waals surface area contributed by atoms with Crippen molar-refractivity contribution in [3.8, 4) is 0 Å². The minimum absolute atomic E-state index is 1.20. The smallest absolute Gasteiger partial charge is 0.0345 e. The first-order valence-electron chi connectivity index (χ1n) is 6.34. The molecule has 0 aromatic rings. The lowest BCUT2D eigenvalue weighted by molar-refractivity contribution is 0.727. The summed E-state index contributed by atoms with van der Waals surface area (Å²) >= 11 is 0. The molecular formula is C15H26. The van der Waals surface area contributed by atoms with Crippen molar-refractivity contribution in [3.63, 3.8) is 0 Å². The molecule has 0 rings (SSSR count). The van der Waals surface area contributed by atoms with Gasteiger partial charge in [0, 0.05) is 0 Å². The van der Waals surface area contributed by atoms with Crippen LogP contribution < -0.4 is 0 Å². The van der Waals surface area contributed by atoms with Crippen molar-refractivity contribution >= 4 is 0 Å². The summed E-state index contributed by atoms with van der Waals surface area (Å²) in [6, 6.07) is 0. The zero-order valence-corrected chi connectivity index (χ0v) is 10.4. The fraction of sp³-hybridized carbons (Fsp3) is 0.600. The summed E-state index contributed by atoms with van der Waals surface area (Å²) in [5.74, 6) is 0. The minimum Gasteiger partial charge on any atom is -0.0885 e. The van der Waals surface area contributed by atoms with E-state index in [1.54, 1.807) is 0 Å². The Bertz CT molecular complexity index is 184. The average Bonchev–Trinajstić information content (AvgIpc) is 2.26. The zero-order chi connectivity index (χ0) is 11.2. The maximum Gasteiger partial charge on any atom is -0.0345 e.